The summed E-state index contributed by atoms with van der Waals surface area (Å²) in [5.41, 5.74) is 2.19. The number of halogens is 1. The quantitative estimate of drug-likeness (QED) is 0.651. The predicted octanol–water partition coefficient (Wildman–Crippen LogP) is 3.10. The van der Waals surface area contributed by atoms with Gasteiger partial charge in [0.25, 0.3) is 0 Å². The van der Waals surface area contributed by atoms with Crippen LogP contribution in [0.4, 0.5) is 0 Å². The van der Waals surface area contributed by atoms with Crippen LogP contribution in [-0.2, 0) is 4.74 Å². The molecule has 1 aliphatic rings. The van der Waals surface area contributed by atoms with Crippen molar-refractivity contribution in [2.75, 3.05) is 7.11 Å². The van der Waals surface area contributed by atoms with Crippen LogP contribution in [0, 0.1) is 0 Å². The fourth-order valence-corrected chi connectivity index (χ4v) is 1.52. The van der Waals surface area contributed by atoms with Crippen LogP contribution in [0.1, 0.15) is 33.1 Å². The molecule has 0 aromatic rings. The lowest BCUT2D eigenvalue weighted by Gasteiger charge is -2.03. The van der Waals surface area contributed by atoms with Crippen molar-refractivity contribution in [2.45, 2.75) is 33.1 Å². The monoisotopic (exact) mass is 214 g/mol. The second kappa shape index (κ2) is 5.15. The van der Waals surface area contributed by atoms with E-state index < -0.39 is 0 Å². The van der Waals surface area contributed by atoms with Gasteiger partial charge in [0.1, 0.15) is 5.16 Å². The maximum Gasteiger partial charge on any atom is 0.317 e. The topological polar surface area (TPSA) is 34.0 Å². The van der Waals surface area contributed by atoms with Gasteiger partial charge in [-0.15, -0.1) is 0 Å². The third-order valence-electron chi connectivity index (χ3n) is 2.17. The Labute approximate surface area is 89.5 Å². The minimum Gasteiger partial charge on any atom is -0.467 e. The summed E-state index contributed by atoms with van der Waals surface area (Å²) in [5, 5.41) is 0.525. The zero-order chi connectivity index (χ0) is 10.6. The summed E-state index contributed by atoms with van der Waals surface area (Å²) in [7, 11) is 1.55. The van der Waals surface area contributed by atoms with Gasteiger partial charge in [-0.3, -0.25) is 0 Å². The van der Waals surface area contributed by atoms with Gasteiger partial charge in [0.05, 0.1) is 7.11 Å². The molecule has 0 atom stereocenters. The first-order valence-corrected chi connectivity index (χ1v) is 5.15. The molecule has 14 heavy (non-hydrogen) atoms. The summed E-state index contributed by atoms with van der Waals surface area (Å²) in [5.74, 6) is 0. The summed E-state index contributed by atoms with van der Waals surface area (Å²) in [6.07, 6.45) is 2.61. The van der Waals surface area contributed by atoms with Crippen LogP contribution in [0.15, 0.2) is 20.7 Å². The maximum atomic E-state index is 6.02. The Morgan fingerprint density at radius 3 is 2.50 bits per heavy atom. The van der Waals surface area contributed by atoms with Crippen LogP contribution in [0.3, 0.4) is 0 Å². The third-order valence-corrected chi connectivity index (χ3v) is 2.53. The average molecular weight is 215 g/mol. The lowest BCUT2D eigenvalue weighted by atomic mass is 10.1. The lowest BCUT2D eigenvalue weighted by Crippen LogP contribution is -2.02. The van der Waals surface area contributed by atoms with Crippen molar-refractivity contribution in [1.82, 2.24) is 0 Å². The first kappa shape index (κ1) is 11.2. The van der Waals surface area contributed by atoms with E-state index in [1.165, 1.54) is 0 Å². The van der Waals surface area contributed by atoms with Crippen molar-refractivity contribution in [1.29, 1.82) is 0 Å². The first-order valence-electron chi connectivity index (χ1n) is 4.77. The van der Waals surface area contributed by atoms with Gasteiger partial charge in [0, 0.05) is 12.1 Å². The standard InChI is InChI=1S/C10H15ClN2O/c1-4-7-6-8(5-2)12-10(14-3)13-9(7)11/h4-6H2,1-3H3. The number of methoxy groups -OCH3 is 1. The van der Waals surface area contributed by atoms with E-state index >= 15 is 0 Å². The SMILES string of the molecule is CCC1=NC(OC)=NC(Cl)=C(CC)C1. The third kappa shape index (κ3) is 2.58. The van der Waals surface area contributed by atoms with Gasteiger partial charge in [-0.25, -0.2) is 4.99 Å². The zero-order valence-corrected chi connectivity index (χ0v) is 9.56. The number of nitrogens with zero attached hydrogens (tertiary/aromatic N) is 2. The Hall–Kier alpha value is -0.830. The molecule has 1 aliphatic heterocycles. The molecule has 0 spiro atoms. The zero-order valence-electron chi connectivity index (χ0n) is 8.80. The highest BCUT2D eigenvalue weighted by atomic mass is 35.5. The Bertz CT molecular complexity index is 305. The first-order chi connectivity index (χ1) is 6.71. The molecule has 0 aromatic carbocycles. The number of ether oxygens (including phenoxy) is 1. The number of amidine groups is 1. The van der Waals surface area contributed by atoms with Gasteiger partial charge in [-0.2, -0.15) is 4.99 Å². The summed E-state index contributed by atoms with van der Waals surface area (Å²) in [6.45, 7) is 4.14. The second-order valence-electron chi connectivity index (χ2n) is 3.05. The summed E-state index contributed by atoms with van der Waals surface area (Å²) in [6, 6.07) is 0.357. The largest absolute Gasteiger partial charge is 0.467 e. The average Bonchev–Trinajstić information content (AvgIpc) is 2.36. The summed E-state index contributed by atoms with van der Waals surface area (Å²) in [4.78, 5) is 8.38. The van der Waals surface area contributed by atoms with E-state index in [2.05, 4.69) is 23.8 Å². The Morgan fingerprint density at radius 1 is 1.29 bits per heavy atom. The molecule has 1 heterocycles. The summed E-state index contributed by atoms with van der Waals surface area (Å²) >= 11 is 6.02. The van der Waals surface area contributed by atoms with Crippen molar-refractivity contribution in [3.63, 3.8) is 0 Å². The van der Waals surface area contributed by atoms with Gasteiger partial charge in [0.2, 0.25) is 0 Å². The van der Waals surface area contributed by atoms with E-state index in [9.17, 15) is 0 Å². The molecular formula is C10H15ClN2O. The summed E-state index contributed by atoms with van der Waals surface area (Å²) < 4.78 is 5.01. The smallest absolute Gasteiger partial charge is 0.317 e. The molecule has 4 heteroatoms. The van der Waals surface area contributed by atoms with Crippen LogP contribution >= 0.6 is 11.6 Å². The molecule has 0 saturated carbocycles. The van der Waals surface area contributed by atoms with Crippen molar-refractivity contribution in [3.05, 3.63) is 10.7 Å². The van der Waals surface area contributed by atoms with E-state index in [-0.39, 0.29) is 0 Å². The fraction of sp³-hybridized carbons (Fsp3) is 0.600. The highest BCUT2D eigenvalue weighted by molar-refractivity contribution is 6.30. The van der Waals surface area contributed by atoms with Crippen molar-refractivity contribution < 1.29 is 4.74 Å². The van der Waals surface area contributed by atoms with Gasteiger partial charge in [-0.1, -0.05) is 25.4 Å². The Balaban J connectivity index is 3.03. The van der Waals surface area contributed by atoms with Crippen LogP contribution in [0.25, 0.3) is 0 Å². The highest BCUT2D eigenvalue weighted by Gasteiger charge is 2.12. The van der Waals surface area contributed by atoms with Crippen molar-refractivity contribution in [2.24, 2.45) is 9.98 Å². The van der Waals surface area contributed by atoms with E-state index in [1.54, 1.807) is 7.11 Å². The Kier molecular flexibility index (Phi) is 4.14. The molecular weight excluding hydrogens is 200 g/mol. The molecule has 0 fully saturated rings. The van der Waals surface area contributed by atoms with E-state index in [1.807, 2.05) is 0 Å². The molecule has 0 N–H and O–H groups in total. The number of aliphatic imine (C=N–C) groups is 2. The normalized spacial score (nSPS) is 17.4. The lowest BCUT2D eigenvalue weighted by molar-refractivity contribution is 0.397. The molecule has 0 amide bonds. The van der Waals surface area contributed by atoms with E-state index in [4.69, 9.17) is 16.3 Å². The number of hydrogen-bond acceptors (Lipinski definition) is 3. The molecule has 1 rings (SSSR count). The van der Waals surface area contributed by atoms with Gasteiger partial charge in [0.15, 0.2) is 0 Å². The van der Waals surface area contributed by atoms with Crippen molar-refractivity contribution >= 4 is 23.3 Å². The molecule has 0 aliphatic carbocycles. The Morgan fingerprint density at radius 2 is 2.00 bits per heavy atom. The van der Waals surface area contributed by atoms with E-state index in [0.29, 0.717) is 11.2 Å². The molecule has 0 unspecified atom stereocenters. The fourth-order valence-electron chi connectivity index (χ4n) is 1.25. The minimum absolute atomic E-state index is 0.357. The molecule has 0 saturated heterocycles. The molecule has 3 nitrogen and oxygen atoms in total. The molecule has 0 bridgehead atoms. The van der Waals surface area contributed by atoms with Crippen molar-refractivity contribution in [3.8, 4) is 0 Å². The van der Waals surface area contributed by atoms with Gasteiger partial charge >= 0.3 is 6.02 Å². The second-order valence-corrected chi connectivity index (χ2v) is 3.41. The number of hydrogen-bond donors (Lipinski definition) is 0. The van der Waals surface area contributed by atoms with Gasteiger partial charge < -0.3 is 4.74 Å². The molecule has 78 valence electrons. The van der Waals surface area contributed by atoms with Crippen LogP contribution in [-0.4, -0.2) is 18.8 Å². The maximum absolute atomic E-state index is 6.02. The van der Waals surface area contributed by atoms with Crippen LogP contribution in [0.2, 0.25) is 0 Å². The van der Waals surface area contributed by atoms with Crippen LogP contribution < -0.4 is 0 Å². The van der Waals surface area contributed by atoms with Crippen LogP contribution in [0.5, 0.6) is 0 Å². The number of allylic oxidation sites excluding steroid dienone is 1. The van der Waals surface area contributed by atoms with E-state index in [0.717, 1.165) is 30.5 Å². The predicted molar refractivity (Wildman–Crippen MR) is 60.0 cm³/mol. The molecule has 0 radical (unpaired) electrons. The van der Waals surface area contributed by atoms with Gasteiger partial charge in [-0.05, 0) is 18.4 Å². The minimum atomic E-state index is 0.357. The molecule has 0 aromatic heterocycles. The number of rotatable bonds is 2. The highest BCUT2D eigenvalue weighted by Crippen LogP contribution is 2.22.